The van der Waals surface area contributed by atoms with Crippen LogP contribution in [0.5, 0.6) is 0 Å². The number of nitrogens with zero attached hydrogens (tertiary/aromatic N) is 2. The molecule has 3 aromatic rings. The molecule has 1 N–H and O–H groups in total. The third kappa shape index (κ3) is 5.76. The minimum absolute atomic E-state index is 0.230. The van der Waals surface area contributed by atoms with E-state index in [0.717, 1.165) is 39.5 Å². The first-order valence-corrected chi connectivity index (χ1v) is 10.7. The van der Waals surface area contributed by atoms with Crippen molar-refractivity contribution in [3.63, 3.8) is 0 Å². The van der Waals surface area contributed by atoms with Crippen molar-refractivity contribution in [2.24, 2.45) is 5.92 Å². The van der Waals surface area contributed by atoms with E-state index in [4.69, 9.17) is 14.7 Å². The second-order valence-electron chi connectivity index (χ2n) is 7.43. The molecule has 1 amide bonds. The van der Waals surface area contributed by atoms with Crippen LogP contribution < -0.4 is 5.32 Å². The van der Waals surface area contributed by atoms with Crippen LogP contribution in [0.25, 0.3) is 10.9 Å². The predicted molar refractivity (Wildman–Crippen MR) is 119 cm³/mol. The van der Waals surface area contributed by atoms with Crippen LogP contribution in [-0.4, -0.2) is 16.1 Å². The second kappa shape index (κ2) is 9.83. The summed E-state index contributed by atoms with van der Waals surface area (Å²) in [5.74, 6) is 0.991. The van der Waals surface area contributed by atoms with Gasteiger partial charge in [-0.2, -0.15) is 0 Å². The molecule has 1 aromatic heterocycles. The van der Waals surface area contributed by atoms with E-state index in [1.54, 1.807) is 0 Å². The molecule has 2 aromatic carbocycles. The lowest BCUT2D eigenvalue weighted by atomic mass is 10.0. The van der Waals surface area contributed by atoms with Crippen LogP contribution in [0.3, 0.4) is 0 Å². The topological polar surface area (TPSA) is 64.1 Å². The van der Waals surface area contributed by atoms with Crippen molar-refractivity contribution in [3.8, 4) is 0 Å². The molecule has 0 radical (unpaired) electrons. The smallest absolute Gasteiger partial charge is 0.408 e. The summed E-state index contributed by atoms with van der Waals surface area (Å²) >= 11 is 3.52. The molecule has 0 bridgehead atoms. The molecule has 0 saturated heterocycles. The molecular formula is C23H26BrN3O2. The first-order valence-electron chi connectivity index (χ1n) is 9.89. The molecule has 0 aliphatic rings. The van der Waals surface area contributed by atoms with Crippen LogP contribution in [0.4, 0.5) is 4.79 Å². The number of aryl methyl sites for hydroxylation is 1. The van der Waals surface area contributed by atoms with Gasteiger partial charge in [0.2, 0.25) is 0 Å². The number of aromatic nitrogens is 2. The van der Waals surface area contributed by atoms with E-state index < -0.39 is 6.09 Å². The van der Waals surface area contributed by atoms with Crippen molar-refractivity contribution < 1.29 is 9.53 Å². The summed E-state index contributed by atoms with van der Waals surface area (Å²) in [4.78, 5) is 22.0. The number of nitrogens with one attached hydrogen (secondary N) is 1. The zero-order chi connectivity index (χ0) is 20.8. The summed E-state index contributed by atoms with van der Waals surface area (Å²) in [6.45, 7) is 6.53. The maximum absolute atomic E-state index is 12.4. The molecule has 29 heavy (non-hydrogen) atoms. The highest BCUT2D eigenvalue weighted by atomic mass is 79.9. The number of fused-ring (bicyclic) bond motifs is 1. The minimum atomic E-state index is -0.461. The van der Waals surface area contributed by atoms with E-state index in [1.165, 1.54) is 0 Å². The fraction of sp³-hybridized carbons (Fsp3) is 0.348. The van der Waals surface area contributed by atoms with Crippen LogP contribution in [0.2, 0.25) is 0 Å². The lowest BCUT2D eigenvalue weighted by molar-refractivity contribution is 0.133. The van der Waals surface area contributed by atoms with Crippen molar-refractivity contribution in [2.45, 2.75) is 46.3 Å². The first kappa shape index (κ1) is 21.2. The quantitative estimate of drug-likeness (QED) is 0.476. The van der Waals surface area contributed by atoms with E-state index in [0.29, 0.717) is 11.7 Å². The first-order chi connectivity index (χ1) is 14.0. The van der Waals surface area contributed by atoms with Crippen molar-refractivity contribution in [1.29, 1.82) is 0 Å². The Morgan fingerprint density at radius 2 is 1.90 bits per heavy atom. The monoisotopic (exact) mass is 455 g/mol. The van der Waals surface area contributed by atoms with Crippen LogP contribution in [0.15, 0.2) is 53.0 Å². The SMILES string of the molecule is CCc1nc(C(CC(C)C)NC(=O)OCc2ccccc2)nc2ccc(Br)cc12. The number of carbonyl (C=O) groups is 1. The number of ether oxygens (including phenoxy) is 1. The molecule has 1 atom stereocenters. The van der Waals surface area contributed by atoms with Gasteiger partial charge in [0.05, 0.1) is 17.3 Å². The molecule has 5 nitrogen and oxygen atoms in total. The number of amides is 1. The molecular weight excluding hydrogens is 430 g/mol. The highest BCUT2D eigenvalue weighted by Gasteiger charge is 2.21. The lowest BCUT2D eigenvalue weighted by Gasteiger charge is -2.20. The fourth-order valence-electron chi connectivity index (χ4n) is 3.22. The van der Waals surface area contributed by atoms with Crippen molar-refractivity contribution in [3.05, 3.63) is 70.1 Å². The van der Waals surface area contributed by atoms with Gasteiger partial charge in [-0.05, 0) is 42.5 Å². The Kier molecular flexibility index (Phi) is 7.20. The van der Waals surface area contributed by atoms with Crippen LogP contribution in [-0.2, 0) is 17.8 Å². The summed E-state index contributed by atoms with van der Waals surface area (Å²) in [6, 6.07) is 15.3. The van der Waals surface area contributed by atoms with Crippen LogP contribution in [0, 0.1) is 5.92 Å². The molecule has 0 saturated carbocycles. The average molecular weight is 456 g/mol. The van der Waals surface area contributed by atoms with Crippen molar-refractivity contribution in [1.82, 2.24) is 15.3 Å². The maximum Gasteiger partial charge on any atom is 0.408 e. The highest BCUT2D eigenvalue weighted by molar-refractivity contribution is 9.10. The van der Waals surface area contributed by atoms with E-state index >= 15 is 0 Å². The second-order valence-corrected chi connectivity index (χ2v) is 8.35. The van der Waals surface area contributed by atoms with Gasteiger partial charge in [-0.25, -0.2) is 14.8 Å². The Balaban J connectivity index is 1.82. The molecule has 152 valence electrons. The van der Waals surface area contributed by atoms with Gasteiger partial charge in [0.25, 0.3) is 0 Å². The normalized spacial score (nSPS) is 12.2. The van der Waals surface area contributed by atoms with Gasteiger partial charge in [-0.1, -0.05) is 67.0 Å². The number of rotatable bonds is 7. The number of hydrogen-bond donors (Lipinski definition) is 1. The standard InChI is InChI=1S/C23H26BrN3O2/c1-4-19-18-13-17(24)10-11-20(18)26-22(25-19)21(12-15(2)3)27-23(28)29-14-16-8-6-5-7-9-16/h5-11,13,15,21H,4,12,14H2,1-3H3,(H,27,28). The van der Waals surface area contributed by atoms with Gasteiger partial charge in [0, 0.05) is 9.86 Å². The highest BCUT2D eigenvalue weighted by Crippen LogP contribution is 2.25. The van der Waals surface area contributed by atoms with Gasteiger partial charge in [0.15, 0.2) is 5.82 Å². The van der Waals surface area contributed by atoms with Gasteiger partial charge in [-0.15, -0.1) is 0 Å². The molecule has 0 spiro atoms. The summed E-state index contributed by atoms with van der Waals surface area (Å²) < 4.78 is 6.41. The van der Waals surface area contributed by atoms with Crippen molar-refractivity contribution in [2.75, 3.05) is 0 Å². The van der Waals surface area contributed by atoms with Gasteiger partial charge in [0.1, 0.15) is 6.61 Å². The molecule has 6 heteroatoms. The summed E-state index contributed by atoms with van der Waals surface area (Å²) in [5, 5.41) is 4.00. The number of benzene rings is 2. The fourth-order valence-corrected chi connectivity index (χ4v) is 3.58. The third-order valence-corrected chi connectivity index (χ3v) is 5.11. The molecule has 1 unspecified atom stereocenters. The Labute approximate surface area is 180 Å². The van der Waals surface area contributed by atoms with E-state index in [-0.39, 0.29) is 12.6 Å². The van der Waals surface area contributed by atoms with E-state index in [1.807, 2.05) is 48.5 Å². The number of hydrogen-bond acceptors (Lipinski definition) is 4. The third-order valence-electron chi connectivity index (χ3n) is 4.61. The lowest BCUT2D eigenvalue weighted by Crippen LogP contribution is -2.31. The molecule has 0 fully saturated rings. The van der Waals surface area contributed by atoms with Gasteiger partial charge < -0.3 is 10.1 Å². The van der Waals surface area contributed by atoms with E-state index in [9.17, 15) is 4.79 Å². The molecule has 1 heterocycles. The number of alkyl carbamates (subject to hydrolysis) is 1. The van der Waals surface area contributed by atoms with Crippen LogP contribution in [0.1, 0.15) is 50.3 Å². The average Bonchev–Trinajstić information content (AvgIpc) is 2.71. The molecule has 0 aliphatic heterocycles. The van der Waals surface area contributed by atoms with E-state index in [2.05, 4.69) is 42.0 Å². The van der Waals surface area contributed by atoms with Crippen molar-refractivity contribution >= 4 is 32.9 Å². The Hall–Kier alpha value is -2.47. The summed E-state index contributed by atoms with van der Waals surface area (Å²) in [6.07, 6.45) is 1.05. The Bertz CT molecular complexity index is 977. The van der Waals surface area contributed by atoms with Crippen LogP contribution >= 0.6 is 15.9 Å². The van der Waals surface area contributed by atoms with Gasteiger partial charge >= 0.3 is 6.09 Å². The Morgan fingerprint density at radius 3 is 2.59 bits per heavy atom. The largest absolute Gasteiger partial charge is 0.445 e. The zero-order valence-electron chi connectivity index (χ0n) is 17.0. The number of carbonyl (C=O) groups excluding carboxylic acids is 1. The Morgan fingerprint density at radius 1 is 1.14 bits per heavy atom. The summed E-state index contributed by atoms with van der Waals surface area (Å²) in [5.41, 5.74) is 2.80. The minimum Gasteiger partial charge on any atom is -0.445 e. The molecule has 0 aliphatic carbocycles. The molecule has 3 rings (SSSR count). The number of halogens is 1. The summed E-state index contributed by atoms with van der Waals surface area (Å²) in [7, 11) is 0. The van der Waals surface area contributed by atoms with Gasteiger partial charge in [-0.3, -0.25) is 0 Å². The zero-order valence-corrected chi connectivity index (χ0v) is 18.6. The predicted octanol–water partition coefficient (Wildman–Crippen LogP) is 5.97. The maximum atomic E-state index is 12.4.